The predicted molar refractivity (Wildman–Crippen MR) is 65.7 cm³/mol. The zero-order valence-electron chi connectivity index (χ0n) is 10.5. The molecule has 2 rings (SSSR count). The molecule has 20 heavy (non-hydrogen) atoms. The van der Waals surface area contributed by atoms with Gasteiger partial charge < -0.3 is 30.3 Å². The quantitative estimate of drug-likeness (QED) is 0.407. The van der Waals surface area contributed by atoms with Gasteiger partial charge in [-0.3, -0.25) is 4.79 Å². The first kappa shape index (κ1) is 15.0. The molecule has 0 saturated carbocycles. The van der Waals surface area contributed by atoms with Gasteiger partial charge in [0, 0.05) is 5.56 Å². The van der Waals surface area contributed by atoms with Crippen molar-refractivity contribution in [2.45, 2.75) is 30.2 Å². The van der Waals surface area contributed by atoms with Crippen LogP contribution in [0.4, 0.5) is 0 Å². The van der Waals surface area contributed by atoms with Gasteiger partial charge in [-0.25, -0.2) is 0 Å². The van der Waals surface area contributed by atoms with Gasteiger partial charge in [-0.05, 0) is 0 Å². The average Bonchev–Trinajstić information content (AvgIpc) is 2.49. The van der Waals surface area contributed by atoms with Crippen LogP contribution in [0.15, 0.2) is 30.3 Å². The zero-order valence-corrected chi connectivity index (χ0v) is 10.5. The van der Waals surface area contributed by atoms with E-state index in [4.69, 9.17) is 9.84 Å². The highest BCUT2D eigenvalue weighted by molar-refractivity contribution is 6.03. The number of hydrogen-bond acceptors (Lipinski definition) is 7. The molecule has 1 saturated heterocycles. The Hall–Kier alpha value is -1.35. The molecule has 1 aromatic carbocycles. The van der Waals surface area contributed by atoms with Crippen LogP contribution in [-0.4, -0.2) is 68.1 Å². The second kappa shape index (κ2) is 5.57. The molecule has 1 aliphatic heterocycles. The van der Waals surface area contributed by atoms with E-state index < -0.39 is 42.6 Å². The second-order valence-corrected chi connectivity index (χ2v) is 4.66. The number of ether oxygens (including phenoxy) is 1. The monoisotopic (exact) mass is 284 g/mol. The highest BCUT2D eigenvalue weighted by Gasteiger charge is 2.59. The van der Waals surface area contributed by atoms with E-state index in [9.17, 15) is 25.2 Å². The molecule has 0 aliphatic carbocycles. The lowest BCUT2D eigenvalue weighted by atomic mass is 9.78. The van der Waals surface area contributed by atoms with Crippen LogP contribution in [0, 0.1) is 0 Å². The summed E-state index contributed by atoms with van der Waals surface area (Å²) in [4.78, 5) is 12.3. The molecular formula is C13H16O7. The molecule has 5 atom stereocenters. The number of aliphatic hydroxyl groups excluding tert-OH is 4. The van der Waals surface area contributed by atoms with Crippen LogP contribution in [0.1, 0.15) is 10.4 Å². The molecule has 1 fully saturated rings. The molecule has 7 heteroatoms. The summed E-state index contributed by atoms with van der Waals surface area (Å²) < 4.78 is 4.73. The molecule has 110 valence electrons. The van der Waals surface area contributed by atoms with Crippen molar-refractivity contribution in [1.82, 2.24) is 0 Å². The average molecular weight is 284 g/mol. The van der Waals surface area contributed by atoms with Crippen molar-refractivity contribution >= 4 is 5.78 Å². The van der Waals surface area contributed by atoms with E-state index >= 15 is 0 Å². The first-order valence-electron chi connectivity index (χ1n) is 6.05. The summed E-state index contributed by atoms with van der Waals surface area (Å²) in [6.07, 6.45) is -7.19. The molecule has 0 amide bonds. The number of ketones is 1. The third-order valence-corrected chi connectivity index (χ3v) is 3.42. The Morgan fingerprint density at radius 3 is 2.30 bits per heavy atom. The minimum Gasteiger partial charge on any atom is -0.394 e. The zero-order chi connectivity index (χ0) is 14.9. The van der Waals surface area contributed by atoms with E-state index in [0.29, 0.717) is 0 Å². The standard InChI is InChI=1S/C13H16O7/c14-6-8-10(16)13(19,11(17)12(18)20-8)9(15)7-4-2-1-3-5-7/h1-5,8,10-12,14,16-19H,6H2/t8-,10-,11+,12-,13+/m1/s1. The van der Waals surface area contributed by atoms with Gasteiger partial charge >= 0.3 is 0 Å². The van der Waals surface area contributed by atoms with Gasteiger partial charge in [-0.2, -0.15) is 0 Å². The lowest BCUT2D eigenvalue weighted by Crippen LogP contribution is -2.70. The van der Waals surface area contributed by atoms with Crippen LogP contribution in [0.5, 0.6) is 0 Å². The molecule has 0 spiro atoms. The summed E-state index contributed by atoms with van der Waals surface area (Å²) in [6.45, 7) is -0.727. The maximum absolute atomic E-state index is 12.3. The van der Waals surface area contributed by atoms with E-state index in [1.807, 2.05) is 0 Å². The van der Waals surface area contributed by atoms with Crippen molar-refractivity contribution < 1.29 is 35.1 Å². The summed E-state index contributed by atoms with van der Waals surface area (Å²) in [5.41, 5.74) is -2.61. The number of benzene rings is 1. The fourth-order valence-electron chi connectivity index (χ4n) is 2.24. The molecule has 1 heterocycles. The number of carbonyl (C=O) groups excluding carboxylic acids is 1. The predicted octanol–water partition coefficient (Wildman–Crippen LogP) is -1.97. The van der Waals surface area contributed by atoms with Crippen LogP contribution < -0.4 is 0 Å². The summed E-state index contributed by atoms with van der Waals surface area (Å²) >= 11 is 0. The fraction of sp³-hybridized carbons (Fsp3) is 0.462. The molecule has 5 N–H and O–H groups in total. The van der Waals surface area contributed by atoms with Gasteiger partial charge in [0.1, 0.15) is 18.3 Å². The van der Waals surface area contributed by atoms with Crippen LogP contribution >= 0.6 is 0 Å². The normalized spacial score (nSPS) is 37.6. The first-order chi connectivity index (χ1) is 9.42. The van der Waals surface area contributed by atoms with Crippen molar-refractivity contribution in [2.24, 2.45) is 0 Å². The molecule has 0 radical (unpaired) electrons. The lowest BCUT2D eigenvalue weighted by molar-refractivity contribution is -0.306. The van der Waals surface area contributed by atoms with Gasteiger partial charge in [0.15, 0.2) is 17.7 Å². The van der Waals surface area contributed by atoms with Crippen molar-refractivity contribution in [1.29, 1.82) is 0 Å². The van der Waals surface area contributed by atoms with E-state index in [2.05, 4.69) is 0 Å². The van der Waals surface area contributed by atoms with Gasteiger partial charge in [0.05, 0.1) is 6.61 Å². The SMILES string of the molecule is O=C(c1ccccc1)[C@]1(O)[C@H](O)[C@@H](CO)O[C@@H](O)[C@@H]1O. The Morgan fingerprint density at radius 2 is 1.75 bits per heavy atom. The largest absolute Gasteiger partial charge is 0.394 e. The van der Waals surface area contributed by atoms with Crippen LogP contribution in [-0.2, 0) is 4.74 Å². The van der Waals surface area contributed by atoms with Crippen molar-refractivity contribution in [3.63, 3.8) is 0 Å². The van der Waals surface area contributed by atoms with Gasteiger partial charge in [-0.1, -0.05) is 30.3 Å². The smallest absolute Gasteiger partial charge is 0.200 e. The highest BCUT2D eigenvalue weighted by atomic mass is 16.6. The van der Waals surface area contributed by atoms with Gasteiger partial charge in [0.2, 0.25) is 0 Å². The lowest BCUT2D eigenvalue weighted by Gasteiger charge is -2.45. The van der Waals surface area contributed by atoms with Crippen molar-refractivity contribution in [3.05, 3.63) is 35.9 Å². The Morgan fingerprint density at radius 1 is 1.15 bits per heavy atom. The van der Waals surface area contributed by atoms with Gasteiger partial charge in [0.25, 0.3) is 0 Å². The van der Waals surface area contributed by atoms with Gasteiger partial charge in [-0.15, -0.1) is 0 Å². The number of Topliss-reactive ketones (excluding diaryl/α,β-unsaturated/α-hetero) is 1. The Balaban J connectivity index is 2.41. The molecular weight excluding hydrogens is 268 g/mol. The minimum absolute atomic E-state index is 0.0545. The second-order valence-electron chi connectivity index (χ2n) is 4.66. The maximum Gasteiger partial charge on any atom is 0.200 e. The number of aliphatic hydroxyl groups is 5. The van der Waals surface area contributed by atoms with E-state index in [0.717, 1.165) is 0 Å². The van der Waals surface area contributed by atoms with E-state index in [-0.39, 0.29) is 5.56 Å². The minimum atomic E-state index is -2.66. The Kier molecular flexibility index (Phi) is 4.19. The number of hydrogen-bond donors (Lipinski definition) is 5. The molecule has 1 aromatic rings. The molecule has 0 aromatic heterocycles. The molecule has 0 bridgehead atoms. The van der Waals surface area contributed by atoms with Crippen molar-refractivity contribution in [2.75, 3.05) is 6.61 Å². The maximum atomic E-state index is 12.3. The summed E-state index contributed by atoms with van der Waals surface area (Å²) in [6, 6.07) is 7.55. The first-order valence-corrected chi connectivity index (χ1v) is 6.05. The van der Waals surface area contributed by atoms with Crippen LogP contribution in [0.3, 0.4) is 0 Å². The fourth-order valence-corrected chi connectivity index (χ4v) is 2.24. The summed E-state index contributed by atoms with van der Waals surface area (Å²) in [5, 5.41) is 48.8. The Bertz CT molecular complexity index is 477. The molecule has 0 unspecified atom stereocenters. The van der Waals surface area contributed by atoms with E-state index in [1.54, 1.807) is 18.2 Å². The third-order valence-electron chi connectivity index (χ3n) is 3.42. The Labute approximate surface area is 114 Å². The summed E-state index contributed by atoms with van der Waals surface area (Å²) in [7, 11) is 0. The van der Waals surface area contributed by atoms with E-state index in [1.165, 1.54) is 12.1 Å². The van der Waals surface area contributed by atoms with Crippen LogP contribution in [0.25, 0.3) is 0 Å². The molecule has 7 nitrogen and oxygen atoms in total. The van der Waals surface area contributed by atoms with Crippen molar-refractivity contribution in [3.8, 4) is 0 Å². The summed E-state index contributed by atoms with van der Waals surface area (Å²) in [5.74, 6) is -0.959. The third kappa shape index (κ3) is 2.24. The number of carbonyl (C=O) groups is 1. The van der Waals surface area contributed by atoms with Crippen LogP contribution in [0.2, 0.25) is 0 Å². The molecule has 1 aliphatic rings. The topological polar surface area (TPSA) is 127 Å². The number of rotatable bonds is 3. The highest BCUT2D eigenvalue weighted by Crippen LogP contribution is 2.32.